The molecule has 10 heteroatoms. The minimum Gasteiger partial charge on any atom is -0.507 e. The molecule has 35 heavy (non-hydrogen) atoms. The molecule has 1 heterocycles. The van der Waals surface area contributed by atoms with Crippen LogP contribution in [-0.2, 0) is 23.7 Å². The smallest absolute Gasteiger partial charge is 0.342 e. The molecule has 0 unspecified atom stereocenters. The van der Waals surface area contributed by atoms with E-state index in [0.717, 1.165) is 0 Å². The number of esters is 2. The fourth-order valence-electron chi connectivity index (χ4n) is 3.64. The number of ether oxygens (including phenoxy) is 5. The van der Waals surface area contributed by atoms with E-state index in [9.17, 15) is 24.9 Å². The van der Waals surface area contributed by atoms with Crippen molar-refractivity contribution in [3.63, 3.8) is 0 Å². The summed E-state index contributed by atoms with van der Waals surface area (Å²) in [6.45, 7) is 3.68. The first-order valence-electron chi connectivity index (χ1n) is 11.4. The molecule has 1 aliphatic heterocycles. The number of aliphatic hydroxyl groups is 1. The molecule has 0 spiro atoms. The van der Waals surface area contributed by atoms with Gasteiger partial charge < -0.3 is 39.0 Å². The highest BCUT2D eigenvalue weighted by molar-refractivity contribution is 5.93. The van der Waals surface area contributed by atoms with Crippen LogP contribution in [0.5, 0.6) is 11.5 Å². The van der Waals surface area contributed by atoms with Crippen molar-refractivity contribution in [3.05, 3.63) is 59.7 Å². The van der Waals surface area contributed by atoms with Gasteiger partial charge >= 0.3 is 11.9 Å². The summed E-state index contributed by atoms with van der Waals surface area (Å²) in [5.41, 5.74) is -0.174. The zero-order chi connectivity index (χ0) is 25.4. The van der Waals surface area contributed by atoms with Crippen molar-refractivity contribution >= 4 is 11.9 Å². The average molecular weight is 491 g/mol. The monoisotopic (exact) mass is 490 g/mol. The molecule has 1 aliphatic rings. The number of aromatic hydroxyl groups is 2. The maximum Gasteiger partial charge on any atom is 0.342 e. The molecule has 3 N–H and O–H groups in total. The molecule has 0 saturated carbocycles. The highest BCUT2D eigenvalue weighted by Gasteiger charge is 2.50. The summed E-state index contributed by atoms with van der Waals surface area (Å²) in [6.07, 6.45) is -4.82. The van der Waals surface area contributed by atoms with Crippen molar-refractivity contribution in [2.75, 3.05) is 19.8 Å². The van der Waals surface area contributed by atoms with Crippen LogP contribution in [0.4, 0.5) is 0 Å². The van der Waals surface area contributed by atoms with Crippen LogP contribution in [0.25, 0.3) is 0 Å². The van der Waals surface area contributed by atoms with E-state index < -0.39 is 49.3 Å². The molecule has 2 aromatic rings. The third-order valence-electron chi connectivity index (χ3n) is 5.33. The van der Waals surface area contributed by atoms with Gasteiger partial charge in [-0.15, -0.1) is 0 Å². The molecule has 0 radical (unpaired) electrons. The Morgan fingerprint density at radius 2 is 1.54 bits per heavy atom. The van der Waals surface area contributed by atoms with Crippen LogP contribution in [-0.4, -0.2) is 77.8 Å². The second kappa shape index (κ2) is 12.5. The summed E-state index contributed by atoms with van der Waals surface area (Å²) >= 11 is 0. The predicted molar refractivity (Wildman–Crippen MR) is 122 cm³/mol. The Morgan fingerprint density at radius 1 is 0.943 bits per heavy atom. The summed E-state index contributed by atoms with van der Waals surface area (Å²) in [5.74, 6) is -2.30. The van der Waals surface area contributed by atoms with E-state index in [0.29, 0.717) is 6.42 Å². The fourth-order valence-corrected chi connectivity index (χ4v) is 3.64. The van der Waals surface area contributed by atoms with E-state index in [2.05, 4.69) is 0 Å². The highest BCUT2D eigenvalue weighted by Crippen LogP contribution is 2.30. The van der Waals surface area contributed by atoms with E-state index in [-0.39, 0.29) is 35.8 Å². The number of carbonyl (C=O) groups is 2. The largest absolute Gasteiger partial charge is 0.507 e. The van der Waals surface area contributed by atoms with Gasteiger partial charge in [-0.05, 0) is 37.6 Å². The number of rotatable bonds is 11. The van der Waals surface area contributed by atoms with Gasteiger partial charge in [0.15, 0.2) is 12.4 Å². The maximum atomic E-state index is 12.9. The van der Waals surface area contributed by atoms with Gasteiger partial charge in [0.2, 0.25) is 0 Å². The number of benzene rings is 2. The minimum atomic E-state index is -1.24. The first kappa shape index (κ1) is 26.4. The number of hydrogen-bond acceptors (Lipinski definition) is 10. The first-order chi connectivity index (χ1) is 16.9. The van der Waals surface area contributed by atoms with Crippen molar-refractivity contribution in [2.45, 2.75) is 51.0 Å². The lowest BCUT2D eigenvalue weighted by molar-refractivity contribution is -0.179. The van der Waals surface area contributed by atoms with Crippen molar-refractivity contribution in [1.29, 1.82) is 0 Å². The SMILES string of the molecule is CCCO[C@H]1[C@H](O)[C@H](OCC)O[C@H]1[C@H](COC(=O)c1ccccc1O)OC(=O)c1ccccc1O. The van der Waals surface area contributed by atoms with Gasteiger partial charge in [-0.3, -0.25) is 0 Å². The Balaban J connectivity index is 1.85. The molecule has 3 rings (SSSR count). The summed E-state index contributed by atoms with van der Waals surface area (Å²) in [5, 5.41) is 30.7. The molecule has 0 aromatic heterocycles. The van der Waals surface area contributed by atoms with Crippen LogP contribution < -0.4 is 0 Å². The Kier molecular flexibility index (Phi) is 9.44. The van der Waals surface area contributed by atoms with E-state index >= 15 is 0 Å². The van der Waals surface area contributed by atoms with E-state index in [4.69, 9.17) is 23.7 Å². The van der Waals surface area contributed by atoms with Crippen molar-refractivity contribution in [1.82, 2.24) is 0 Å². The Bertz CT molecular complexity index is 994. The van der Waals surface area contributed by atoms with Crippen molar-refractivity contribution < 1.29 is 48.6 Å². The lowest BCUT2D eigenvalue weighted by Crippen LogP contribution is -2.45. The van der Waals surface area contributed by atoms with Gasteiger partial charge in [-0.1, -0.05) is 31.2 Å². The predicted octanol–water partition coefficient (Wildman–Crippen LogP) is 2.40. The lowest BCUT2D eigenvalue weighted by atomic mass is 10.1. The number of aliphatic hydroxyl groups excluding tert-OH is 1. The van der Waals surface area contributed by atoms with E-state index in [1.54, 1.807) is 31.2 Å². The van der Waals surface area contributed by atoms with Crippen LogP contribution >= 0.6 is 0 Å². The Hall–Kier alpha value is -3.18. The van der Waals surface area contributed by atoms with Crippen molar-refractivity contribution in [2.24, 2.45) is 0 Å². The van der Waals surface area contributed by atoms with Gasteiger partial charge in [-0.2, -0.15) is 0 Å². The Morgan fingerprint density at radius 3 is 2.11 bits per heavy atom. The second-order valence-corrected chi connectivity index (χ2v) is 7.83. The number of phenolic OH excluding ortho intramolecular Hbond substituents is 2. The molecular formula is C25H30O10. The number of para-hydroxylation sites is 2. The van der Waals surface area contributed by atoms with E-state index in [1.165, 1.54) is 24.3 Å². The quantitative estimate of drug-likeness (QED) is 0.402. The van der Waals surface area contributed by atoms with Crippen LogP contribution in [0, 0.1) is 0 Å². The van der Waals surface area contributed by atoms with Crippen LogP contribution in [0.2, 0.25) is 0 Å². The van der Waals surface area contributed by atoms with Gasteiger partial charge in [0.05, 0.1) is 0 Å². The maximum absolute atomic E-state index is 12.9. The third kappa shape index (κ3) is 6.49. The molecule has 10 nitrogen and oxygen atoms in total. The van der Waals surface area contributed by atoms with E-state index in [1.807, 2.05) is 6.92 Å². The summed E-state index contributed by atoms with van der Waals surface area (Å²) in [4.78, 5) is 25.4. The minimum absolute atomic E-state index is 0.0726. The van der Waals surface area contributed by atoms with Crippen LogP contribution in [0.3, 0.4) is 0 Å². The molecule has 0 amide bonds. The van der Waals surface area contributed by atoms with Gasteiger partial charge in [0.1, 0.15) is 47.5 Å². The average Bonchev–Trinajstić information content (AvgIpc) is 3.15. The molecule has 1 saturated heterocycles. The topological polar surface area (TPSA) is 141 Å². The summed E-state index contributed by atoms with van der Waals surface area (Å²) in [7, 11) is 0. The molecule has 2 aromatic carbocycles. The zero-order valence-electron chi connectivity index (χ0n) is 19.5. The summed E-state index contributed by atoms with van der Waals surface area (Å²) < 4.78 is 28.0. The number of phenols is 2. The molecule has 190 valence electrons. The fraction of sp³-hybridized carbons (Fsp3) is 0.440. The van der Waals surface area contributed by atoms with Crippen molar-refractivity contribution in [3.8, 4) is 11.5 Å². The number of carbonyl (C=O) groups excluding carboxylic acids is 2. The second-order valence-electron chi connectivity index (χ2n) is 7.83. The molecule has 1 fully saturated rings. The first-order valence-corrected chi connectivity index (χ1v) is 11.4. The standard InChI is InChI=1S/C25H30O10/c1-3-13-32-22-20(28)25(31-4-2)35-21(22)19(34-24(30)16-10-6-8-12-18(16)27)14-33-23(29)15-9-5-7-11-17(15)26/h5-12,19-22,25-28H,3-4,13-14H2,1-2H3/t19-,20-,21-,22-,25+/m0/s1. The Labute approximate surface area is 203 Å². The van der Waals surface area contributed by atoms with Crippen LogP contribution in [0.1, 0.15) is 41.0 Å². The molecule has 0 aliphatic carbocycles. The van der Waals surface area contributed by atoms with Gasteiger partial charge in [0.25, 0.3) is 0 Å². The molecule has 0 bridgehead atoms. The number of hydrogen-bond donors (Lipinski definition) is 3. The van der Waals surface area contributed by atoms with Gasteiger partial charge in [0, 0.05) is 13.2 Å². The lowest BCUT2D eigenvalue weighted by Gasteiger charge is -2.27. The summed E-state index contributed by atoms with van der Waals surface area (Å²) in [6, 6.07) is 11.6. The molecular weight excluding hydrogens is 460 g/mol. The highest BCUT2D eigenvalue weighted by atomic mass is 16.7. The normalized spacial score (nSPS) is 22.5. The third-order valence-corrected chi connectivity index (χ3v) is 5.33. The van der Waals surface area contributed by atoms with Gasteiger partial charge in [-0.25, -0.2) is 9.59 Å². The van der Waals surface area contributed by atoms with Crippen LogP contribution in [0.15, 0.2) is 48.5 Å². The molecule has 5 atom stereocenters. The zero-order valence-corrected chi connectivity index (χ0v) is 19.5.